The van der Waals surface area contributed by atoms with E-state index in [4.69, 9.17) is 0 Å². The van der Waals surface area contributed by atoms with Gasteiger partial charge in [-0.3, -0.25) is 0 Å². The molecule has 1 fully saturated rings. The molecule has 2 aromatic rings. The van der Waals surface area contributed by atoms with Crippen molar-refractivity contribution in [2.75, 3.05) is 26.7 Å². The van der Waals surface area contributed by atoms with E-state index in [9.17, 15) is 8.42 Å². The number of rotatable bonds is 3. The second-order valence-electron chi connectivity index (χ2n) is 5.91. The number of sulfonamides is 1. The number of hydrogen-bond acceptors (Lipinski definition) is 2. The smallest absolute Gasteiger partial charge is 0.244 e. The molecule has 1 N–H and O–H groups in total. The molecule has 0 saturated carbocycles. The van der Waals surface area contributed by atoms with E-state index < -0.39 is 10.0 Å². The first-order valence-electron chi connectivity index (χ1n) is 7.62. The van der Waals surface area contributed by atoms with Crippen molar-refractivity contribution in [1.82, 2.24) is 4.31 Å². The van der Waals surface area contributed by atoms with Gasteiger partial charge in [0.05, 0.1) is 37.6 Å². The van der Waals surface area contributed by atoms with Crippen molar-refractivity contribution in [3.63, 3.8) is 0 Å². The number of halogens is 1. The van der Waals surface area contributed by atoms with E-state index in [1.54, 1.807) is 22.5 Å². The van der Waals surface area contributed by atoms with Gasteiger partial charge in [0, 0.05) is 4.47 Å². The molecule has 1 aliphatic heterocycles. The van der Waals surface area contributed by atoms with Gasteiger partial charge in [-0.2, -0.15) is 4.31 Å². The van der Waals surface area contributed by atoms with Crippen LogP contribution < -0.4 is 4.90 Å². The summed E-state index contributed by atoms with van der Waals surface area (Å²) in [6, 6.07) is 16.7. The van der Waals surface area contributed by atoms with Gasteiger partial charge < -0.3 is 4.90 Å². The Hall–Kier alpha value is -1.21. The van der Waals surface area contributed by atoms with Gasteiger partial charge in [-0.25, -0.2) is 8.42 Å². The summed E-state index contributed by atoms with van der Waals surface area (Å²) in [4.78, 5) is 1.69. The van der Waals surface area contributed by atoms with Crippen LogP contribution in [-0.2, 0) is 10.0 Å². The van der Waals surface area contributed by atoms with Crippen molar-refractivity contribution in [2.45, 2.75) is 10.9 Å². The Morgan fingerprint density at radius 2 is 1.87 bits per heavy atom. The van der Waals surface area contributed by atoms with Crippen molar-refractivity contribution in [3.8, 4) is 0 Å². The van der Waals surface area contributed by atoms with Gasteiger partial charge in [-0.1, -0.05) is 52.3 Å². The summed E-state index contributed by atoms with van der Waals surface area (Å²) in [7, 11) is -1.41. The van der Waals surface area contributed by atoms with Crippen molar-refractivity contribution in [2.24, 2.45) is 0 Å². The summed E-state index contributed by atoms with van der Waals surface area (Å²) < 4.78 is 28.7. The molecular formula is C17H20BrN2O2S+. The number of nitrogens with zero attached hydrogens (tertiary/aromatic N) is 1. The van der Waals surface area contributed by atoms with Crippen molar-refractivity contribution in [3.05, 3.63) is 64.6 Å². The lowest BCUT2D eigenvalue weighted by atomic mass is 10.1. The summed E-state index contributed by atoms with van der Waals surface area (Å²) in [5.74, 6) is 0. The summed E-state index contributed by atoms with van der Waals surface area (Å²) >= 11 is 3.36. The van der Waals surface area contributed by atoms with Gasteiger partial charge >= 0.3 is 0 Å². The number of piperazine rings is 1. The average molecular weight is 396 g/mol. The number of quaternary nitrogens is 1. The van der Waals surface area contributed by atoms with E-state index >= 15 is 0 Å². The van der Waals surface area contributed by atoms with Crippen molar-refractivity contribution in [1.29, 1.82) is 0 Å². The Morgan fingerprint density at radius 3 is 2.57 bits per heavy atom. The summed E-state index contributed by atoms with van der Waals surface area (Å²) in [5, 5.41) is 0. The monoisotopic (exact) mass is 395 g/mol. The van der Waals surface area contributed by atoms with E-state index in [1.807, 2.05) is 36.4 Å². The third kappa shape index (κ3) is 3.50. The maximum Gasteiger partial charge on any atom is 0.244 e. The maximum atomic E-state index is 13.1. The molecule has 1 saturated heterocycles. The molecule has 2 atom stereocenters. The minimum atomic E-state index is -3.52. The standard InChI is InChI=1S/C17H19BrN2O2S/c1-19-10-11-20(17(13-19)14-6-3-2-4-7-14)23(21,22)16-9-5-8-15(18)12-16/h2-9,12,17H,10-11,13H2,1H3/p+1/t17-/m0/s1. The Kier molecular flexibility index (Phi) is 4.87. The Bertz CT molecular complexity index is 780. The first-order valence-corrected chi connectivity index (χ1v) is 9.85. The highest BCUT2D eigenvalue weighted by molar-refractivity contribution is 9.10. The lowest BCUT2D eigenvalue weighted by Crippen LogP contribution is -3.12. The zero-order chi connectivity index (χ0) is 16.4. The van der Waals surface area contributed by atoms with E-state index in [2.05, 4.69) is 23.0 Å². The quantitative estimate of drug-likeness (QED) is 0.859. The summed E-state index contributed by atoms with van der Waals surface area (Å²) in [6.45, 7) is 2.12. The zero-order valence-corrected chi connectivity index (χ0v) is 15.3. The van der Waals surface area contributed by atoms with Gasteiger partial charge in [-0.05, 0) is 23.8 Å². The van der Waals surface area contributed by atoms with Crippen LogP contribution >= 0.6 is 15.9 Å². The third-order valence-electron chi connectivity index (χ3n) is 4.24. The predicted octanol–water partition coefficient (Wildman–Crippen LogP) is 1.71. The molecule has 0 bridgehead atoms. The van der Waals surface area contributed by atoms with Crippen molar-refractivity contribution < 1.29 is 13.3 Å². The number of benzene rings is 2. The first kappa shape index (κ1) is 16.6. The maximum absolute atomic E-state index is 13.1. The molecule has 122 valence electrons. The van der Waals surface area contributed by atoms with E-state index in [-0.39, 0.29) is 6.04 Å². The summed E-state index contributed by atoms with van der Waals surface area (Å²) in [5.41, 5.74) is 1.05. The number of likely N-dealkylation sites (N-methyl/N-ethyl adjacent to an activating group) is 1. The third-order valence-corrected chi connectivity index (χ3v) is 6.63. The normalized spacial score (nSPS) is 22.9. The lowest BCUT2D eigenvalue weighted by molar-refractivity contribution is -0.887. The molecule has 0 spiro atoms. The molecule has 1 unspecified atom stereocenters. The average Bonchev–Trinajstić information content (AvgIpc) is 2.55. The fraction of sp³-hybridized carbons (Fsp3) is 0.294. The predicted molar refractivity (Wildman–Crippen MR) is 93.8 cm³/mol. The van der Waals surface area contributed by atoms with Crippen molar-refractivity contribution >= 4 is 26.0 Å². The van der Waals surface area contributed by atoms with E-state index in [0.717, 1.165) is 23.1 Å². The fourth-order valence-electron chi connectivity index (χ4n) is 3.00. The number of hydrogen-bond donors (Lipinski definition) is 1. The molecule has 0 aliphatic carbocycles. The highest BCUT2D eigenvalue weighted by atomic mass is 79.9. The molecule has 2 aromatic carbocycles. The lowest BCUT2D eigenvalue weighted by Gasteiger charge is -2.37. The van der Waals surface area contributed by atoms with Crippen LogP contribution in [0.4, 0.5) is 0 Å². The fourth-order valence-corrected chi connectivity index (χ4v) is 5.21. The SMILES string of the molecule is C[NH+]1CCN(S(=O)(=O)c2cccc(Br)c2)[C@H](c2ccccc2)C1. The molecule has 1 heterocycles. The molecule has 4 nitrogen and oxygen atoms in total. The second kappa shape index (κ2) is 6.73. The Labute approximate surface area is 145 Å². The molecule has 0 radical (unpaired) electrons. The van der Waals surface area contributed by atoms with Gasteiger partial charge in [0.15, 0.2) is 0 Å². The highest BCUT2D eigenvalue weighted by Crippen LogP contribution is 2.28. The van der Waals surface area contributed by atoms with Gasteiger partial charge in [-0.15, -0.1) is 0 Å². The Morgan fingerprint density at radius 1 is 1.13 bits per heavy atom. The Balaban J connectivity index is 2.01. The van der Waals surface area contributed by atoms with Crippen LogP contribution in [0.25, 0.3) is 0 Å². The highest BCUT2D eigenvalue weighted by Gasteiger charge is 2.38. The second-order valence-corrected chi connectivity index (χ2v) is 8.72. The molecule has 6 heteroatoms. The molecule has 0 amide bonds. The zero-order valence-electron chi connectivity index (χ0n) is 12.9. The summed E-state index contributed by atoms with van der Waals surface area (Å²) in [6.07, 6.45) is 0. The molecule has 1 aliphatic rings. The van der Waals surface area contributed by atoms with Crippen LogP contribution in [0, 0.1) is 0 Å². The van der Waals surface area contributed by atoms with E-state index in [1.165, 1.54) is 4.90 Å². The largest absolute Gasteiger partial charge is 0.335 e. The first-order chi connectivity index (χ1) is 11.0. The van der Waals surface area contributed by atoms with Crippen LogP contribution in [-0.4, -0.2) is 39.4 Å². The van der Waals surface area contributed by atoms with Crippen LogP contribution in [0.5, 0.6) is 0 Å². The van der Waals surface area contributed by atoms with Crippen LogP contribution in [0.15, 0.2) is 64.0 Å². The minimum Gasteiger partial charge on any atom is -0.335 e. The van der Waals surface area contributed by atoms with E-state index in [0.29, 0.717) is 11.4 Å². The topological polar surface area (TPSA) is 41.8 Å². The minimum absolute atomic E-state index is 0.131. The van der Waals surface area contributed by atoms with Crippen LogP contribution in [0.2, 0.25) is 0 Å². The number of nitrogens with one attached hydrogen (secondary N) is 1. The van der Waals surface area contributed by atoms with Crippen LogP contribution in [0.1, 0.15) is 11.6 Å². The molecule has 0 aromatic heterocycles. The molecular weight excluding hydrogens is 376 g/mol. The van der Waals surface area contributed by atoms with Crippen LogP contribution in [0.3, 0.4) is 0 Å². The van der Waals surface area contributed by atoms with Gasteiger partial charge in [0.2, 0.25) is 10.0 Å². The van der Waals surface area contributed by atoms with Gasteiger partial charge in [0.25, 0.3) is 0 Å². The molecule has 23 heavy (non-hydrogen) atoms. The molecule has 3 rings (SSSR count). The van der Waals surface area contributed by atoms with Gasteiger partial charge in [0.1, 0.15) is 0 Å².